The van der Waals surface area contributed by atoms with Crippen molar-refractivity contribution in [2.45, 2.75) is 11.1 Å². The van der Waals surface area contributed by atoms with Crippen LogP contribution in [0.25, 0.3) is 5.57 Å². The molecule has 0 saturated heterocycles. The van der Waals surface area contributed by atoms with Gasteiger partial charge in [0.2, 0.25) is 9.84 Å². The van der Waals surface area contributed by atoms with Gasteiger partial charge in [0.15, 0.2) is 0 Å². The molecule has 4 nitrogen and oxygen atoms in total. The first-order valence-electron chi connectivity index (χ1n) is 4.74. The van der Waals surface area contributed by atoms with E-state index < -0.39 is 21.6 Å². The summed E-state index contributed by atoms with van der Waals surface area (Å²) >= 11 is 0. The van der Waals surface area contributed by atoms with Crippen LogP contribution in [0.15, 0.2) is 28.5 Å². The predicted molar refractivity (Wildman–Crippen MR) is 56.7 cm³/mol. The molecule has 0 radical (unpaired) electrons. The van der Waals surface area contributed by atoms with E-state index in [4.69, 9.17) is 5.90 Å². The van der Waals surface area contributed by atoms with Crippen molar-refractivity contribution in [1.82, 2.24) is 0 Å². The van der Waals surface area contributed by atoms with Gasteiger partial charge in [-0.2, -0.15) is 13.2 Å². The molecule has 0 fully saturated rings. The van der Waals surface area contributed by atoms with Gasteiger partial charge in [0.05, 0.1) is 17.1 Å². The number of benzene rings is 1. The van der Waals surface area contributed by atoms with Crippen LogP contribution in [0.5, 0.6) is 0 Å². The van der Waals surface area contributed by atoms with Crippen molar-refractivity contribution in [1.29, 1.82) is 0 Å². The van der Waals surface area contributed by atoms with Crippen LogP contribution < -0.4 is 5.90 Å². The van der Waals surface area contributed by atoms with Crippen LogP contribution in [0.3, 0.4) is 0 Å². The first-order valence-corrected chi connectivity index (χ1v) is 6.29. The molecule has 18 heavy (non-hydrogen) atoms. The average molecular weight is 279 g/mol. The maximum Gasteiger partial charge on any atom is 0.416 e. The topological polar surface area (TPSA) is 69.4 Å². The number of sulfone groups is 1. The lowest BCUT2D eigenvalue weighted by atomic mass is 10.1. The van der Waals surface area contributed by atoms with Crippen molar-refractivity contribution >= 4 is 15.4 Å². The highest BCUT2D eigenvalue weighted by molar-refractivity contribution is 7.95. The molecule has 0 atom stereocenters. The van der Waals surface area contributed by atoms with E-state index in [1.807, 2.05) is 0 Å². The molecule has 0 unspecified atom stereocenters. The highest BCUT2D eigenvalue weighted by Gasteiger charge is 2.34. The lowest BCUT2D eigenvalue weighted by Gasteiger charge is -2.09. The highest BCUT2D eigenvalue weighted by Crippen LogP contribution is 2.38. The van der Waals surface area contributed by atoms with Crippen molar-refractivity contribution in [2.24, 2.45) is 5.90 Å². The minimum atomic E-state index is -4.59. The SMILES string of the molecule is NOCC1=CS(=O)(=O)c2cc(C(F)(F)F)ccc21. The Labute approximate surface area is 101 Å². The van der Waals surface area contributed by atoms with Crippen molar-refractivity contribution in [3.63, 3.8) is 0 Å². The maximum atomic E-state index is 12.5. The van der Waals surface area contributed by atoms with Crippen LogP contribution in [-0.4, -0.2) is 15.0 Å². The van der Waals surface area contributed by atoms with Crippen LogP contribution in [0.4, 0.5) is 13.2 Å². The summed E-state index contributed by atoms with van der Waals surface area (Å²) in [5.41, 5.74) is -0.581. The summed E-state index contributed by atoms with van der Waals surface area (Å²) < 4.78 is 60.8. The molecule has 0 aliphatic carbocycles. The first-order chi connectivity index (χ1) is 8.25. The summed E-state index contributed by atoms with van der Waals surface area (Å²) in [6, 6.07) is 2.54. The van der Waals surface area contributed by atoms with Crippen LogP contribution >= 0.6 is 0 Å². The Hall–Kier alpha value is -1.38. The summed E-state index contributed by atoms with van der Waals surface area (Å²) in [7, 11) is -3.86. The van der Waals surface area contributed by atoms with Crippen molar-refractivity contribution in [3.05, 3.63) is 34.7 Å². The monoisotopic (exact) mass is 279 g/mol. The zero-order valence-electron chi connectivity index (χ0n) is 8.86. The fraction of sp³-hybridized carbons (Fsp3) is 0.200. The van der Waals surface area contributed by atoms with E-state index >= 15 is 0 Å². The lowest BCUT2D eigenvalue weighted by molar-refractivity contribution is -0.137. The van der Waals surface area contributed by atoms with Gasteiger partial charge in [-0.25, -0.2) is 14.3 Å². The fourth-order valence-electron chi connectivity index (χ4n) is 1.72. The van der Waals surface area contributed by atoms with Gasteiger partial charge < -0.3 is 0 Å². The fourth-order valence-corrected chi connectivity index (χ4v) is 3.21. The lowest BCUT2D eigenvalue weighted by Crippen LogP contribution is -2.07. The third kappa shape index (κ3) is 2.14. The zero-order valence-corrected chi connectivity index (χ0v) is 9.68. The Balaban J connectivity index is 2.58. The van der Waals surface area contributed by atoms with Gasteiger partial charge in [0, 0.05) is 5.41 Å². The maximum absolute atomic E-state index is 12.5. The minimum Gasteiger partial charge on any atom is -0.300 e. The number of hydrogen-bond acceptors (Lipinski definition) is 4. The van der Waals surface area contributed by atoms with Gasteiger partial charge in [0.1, 0.15) is 0 Å². The van der Waals surface area contributed by atoms with Gasteiger partial charge in [-0.15, -0.1) is 0 Å². The summed E-state index contributed by atoms with van der Waals surface area (Å²) in [4.78, 5) is 3.95. The third-order valence-corrected chi connectivity index (χ3v) is 4.04. The Morgan fingerprint density at radius 1 is 1.28 bits per heavy atom. The van der Waals surface area contributed by atoms with E-state index in [0.717, 1.165) is 17.5 Å². The predicted octanol–water partition coefficient (Wildman–Crippen LogP) is 1.72. The quantitative estimate of drug-likeness (QED) is 0.837. The number of nitrogens with two attached hydrogens (primary N) is 1. The van der Waals surface area contributed by atoms with E-state index in [2.05, 4.69) is 4.84 Å². The molecule has 2 rings (SSSR count). The third-order valence-electron chi connectivity index (χ3n) is 2.50. The molecule has 98 valence electrons. The molecule has 0 saturated carbocycles. The smallest absolute Gasteiger partial charge is 0.300 e. The van der Waals surface area contributed by atoms with E-state index in [9.17, 15) is 21.6 Å². The molecule has 0 amide bonds. The second-order valence-corrected chi connectivity index (χ2v) is 5.47. The number of fused-ring (bicyclic) bond motifs is 1. The molecule has 2 N–H and O–H groups in total. The molecule has 1 aromatic rings. The Bertz CT molecular complexity index is 620. The Morgan fingerprint density at radius 2 is 1.94 bits per heavy atom. The van der Waals surface area contributed by atoms with Gasteiger partial charge in [-0.1, -0.05) is 6.07 Å². The molecule has 1 heterocycles. The van der Waals surface area contributed by atoms with Crippen LogP contribution in [0.1, 0.15) is 11.1 Å². The molecule has 0 aromatic heterocycles. The molecular formula is C10H8F3NO3S. The minimum absolute atomic E-state index is 0.183. The van der Waals surface area contributed by atoms with E-state index in [1.165, 1.54) is 0 Å². The second-order valence-electron chi connectivity index (χ2n) is 3.71. The molecule has 1 aromatic carbocycles. The molecule has 1 aliphatic heterocycles. The Morgan fingerprint density at radius 3 is 2.50 bits per heavy atom. The summed E-state index contributed by atoms with van der Waals surface area (Å²) in [6.07, 6.45) is -4.59. The summed E-state index contributed by atoms with van der Waals surface area (Å²) in [6.45, 7) is -0.183. The Kier molecular flexibility index (Phi) is 2.96. The second kappa shape index (κ2) is 4.08. The number of halogens is 3. The van der Waals surface area contributed by atoms with E-state index in [-0.39, 0.29) is 22.6 Å². The largest absolute Gasteiger partial charge is 0.416 e. The number of hydrogen-bond donors (Lipinski definition) is 1. The van der Waals surface area contributed by atoms with E-state index in [1.54, 1.807) is 0 Å². The standard InChI is InChI=1S/C10H8F3NO3S/c11-10(12,13)7-1-2-8-6(4-17-14)5-18(15,16)9(8)3-7/h1-3,5H,4,14H2. The van der Waals surface area contributed by atoms with Gasteiger partial charge in [-0.3, -0.25) is 4.84 Å². The van der Waals surface area contributed by atoms with Crippen molar-refractivity contribution in [3.8, 4) is 0 Å². The van der Waals surface area contributed by atoms with Crippen molar-refractivity contribution < 1.29 is 26.4 Å². The molecule has 8 heteroatoms. The van der Waals surface area contributed by atoms with Crippen LogP contribution in [-0.2, 0) is 20.9 Å². The number of rotatable bonds is 2. The first kappa shape index (κ1) is 13.1. The van der Waals surface area contributed by atoms with Gasteiger partial charge >= 0.3 is 6.18 Å². The number of alkyl halides is 3. The molecule has 0 spiro atoms. The van der Waals surface area contributed by atoms with Crippen LogP contribution in [0.2, 0.25) is 0 Å². The van der Waals surface area contributed by atoms with Gasteiger partial charge in [0.25, 0.3) is 0 Å². The van der Waals surface area contributed by atoms with Crippen molar-refractivity contribution in [2.75, 3.05) is 6.61 Å². The van der Waals surface area contributed by atoms with Gasteiger partial charge in [-0.05, 0) is 23.3 Å². The van der Waals surface area contributed by atoms with E-state index in [0.29, 0.717) is 6.07 Å². The zero-order chi connectivity index (χ0) is 13.6. The molecular weight excluding hydrogens is 271 g/mol. The normalized spacial score (nSPS) is 17.4. The van der Waals surface area contributed by atoms with Crippen LogP contribution in [0, 0.1) is 0 Å². The molecule has 0 bridgehead atoms. The average Bonchev–Trinajstić information content (AvgIpc) is 2.50. The highest BCUT2D eigenvalue weighted by atomic mass is 32.2. The summed E-state index contributed by atoms with van der Waals surface area (Å²) in [5, 5.41) is 0.866. The molecule has 1 aliphatic rings. The summed E-state index contributed by atoms with van der Waals surface area (Å²) in [5.74, 6) is 4.84.